The van der Waals surface area contributed by atoms with Crippen LogP contribution in [0.5, 0.6) is 11.5 Å². The summed E-state index contributed by atoms with van der Waals surface area (Å²) >= 11 is 0. The second-order valence-corrected chi connectivity index (χ2v) is 7.77. The highest BCUT2D eigenvalue weighted by Gasteiger charge is 2.17. The third-order valence-electron chi connectivity index (χ3n) is 4.35. The number of hydrogen-bond acceptors (Lipinski definition) is 6. The zero-order valence-corrected chi connectivity index (χ0v) is 16.2. The summed E-state index contributed by atoms with van der Waals surface area (Å²) in [5.74, 6) is 0.578. The molecule has 1 heterocycles. The van der Waals surface area contributed by atoms with Crippen molar-refractivity contribution in [2.24, 2.45) is 0 Å². The van der Waals surface area contributed by atoms with Crippen LogP contribution in [-0.2, 0) is 10.1 Å². The average Bonchev–Trinajstić information content (AvgIpc) is 2.73. The highest BCUT2D eigenvalue weighted by Crippen LogP contribution is 2.26. The van der Waals surface area contributed by atoms with Gasteiger partial charge in [-0.25, -0.2) is 4.79 Å². The van der Waals surface area contributed by atoms with Gasteiger partial charge in [-0.2, -0.15) is 8.42 Å². The summed E-state index contributed by atoms with van der Waals surface area (Å²) < 4.78 is 40.6. The van der Waals surface area contributed by atoms with E-state index in [0.29, 0.717) is 16.7 Å². The molecule has 0 saturated carbocycles. The summed E-state index contributed by atoms with van der Waals surface area (Å²) in [5, 5.41) is 0.651. The molecule has 0 atom stereocenters. The zero-order chi connectivity index (χ0) is 20.4. The van der Waals surface area contributed by atoms with Crippen LogP contribution in [0, 0.1) is 0 Å². The van der Waals surface area contributed by atoms with Crippen molar-refractivity contribution >= 4 is 21.1 Å². The minimum absolute atomic E-state index is 0.0146. The Morgan fingerprint density at radius 2 is 1.52 bits per heavy atom. The fraction of sp³-hybridized carbons (Fsp3) is 0.0455. The smallest absolute Gasteiger partial charge is 0.344 e. The molecule has 4 rings (SSSR count). The normalized spacial score (nSPS) is 11.3. The molecule has 0 spiro atoms. The van der Waals surface area contributed by atoms with Gasteiger partial charge in [-0.1, -0.05) is 30.3 Å². The number of fused-ring (bicyclic) bond motifs is 1. The second kappa shape index (κ2) is 7.44. The molecule has 0 aliphatic rings. The predicted octanol–water partition coefficient (Wildman–Crippen LogP) is 4.24. The molecule has 0 aliphatic carbocycles. The first-order valence-electron chi connectivity index (χ1n) is 8.68. The van der Waals surface area contributed by atoms with Crippen LogP contribution < -0.4 is 14.5 Å². The average molecular weight is 408 g/mol. The van der Waals surface area contributed by atoms with E-state index in [0.717, 1.165) is 5.56 Å². The topological polar surface area (TPSA) is 82.8 Å². The Morgan fingerprint density at radius 1 is 0.828 bits per heavy atom. The van der Waals surface area contributed by atoms with Crippen molar-refractivity contribution in [3.8, 4) is 22.6 Å². The molecule has 0 aliphatic heterocycles. The highest BCUT2D eigenvalue weighted by molar-refractivity contribution is 7.87. The SMILES string of the molecule is COc1ccc(S(=O)(=O)Oc2ccc3cc(-c4ccccc4)c(=O)oc3c2)cc1. The maximum absolute atomic E-state index is 12.5. The summed E-state index contributed by atoms with van der Waals surface area (Å²) in [7, 11) is -2.55. The van der Waals surface area contributed by atoms with E-state index in [9.17, 15) is 13.2 Å². The predicted molar refractivity (Wildman–Crippen MR) is 109 cm³/mol. The van der Waals surface area contributed by atoms with E-state index >= 15 is 0 Å². The Hall–Kier alpha value is -3.58. The van der Waals surface area contributed by atoms with E-state index < -0.39 is 15.7 Å². The Morgan fingerprint density at radius 3 is 2.21 bits per heavy atom. The van der Waals surface area contributed by atoms with Gasteiger partial charge in [0.2, 0.25) is 0 Å². The number of hydrogen-bond donors (Lipinski definition) is 0. The first-order chi connectivity index (χ1) is 14.0. The Labute approximate surface area is 167 Å². The van der Waals surface area contributed by atoms with Crippen molar-refractivity contribution < 1.29 is 21.8 Å². The Bertz CT molecular complexity index is 1320. The van der Waals surface area contributed by atoms with Gasteiger partial charge in [0.25, 0.3) is 0 Å². The number of rotatable bonds is 5. The number of methoxy groups -OCH3 is 1. The minimum atomic E-state index is -4.04. The summed E-state index contributed by atoms with van der Waals surface area (Å²) in [5.41, 5.74) is 0.888. The van der Waals surface area contributed by atoms with Crippen molar-refractivity contribution in [2.75, 3.05) is 7.11 Å². The fourth-order valence-electron chi connectivity index (χ4n) is 2.88. The third-order valence-corrected chi connectivity index (χ3v) is 5.61. The maximum atomic E-state index is 12.5. The first kappa shape index (κ1) is 18.8. The molecule has 6 nitrogen and oxygen atoms in total. The van der Waals surface area contributed by atoms with Gasteiger partial charge in [0.1, 0.15) is 22.0 Å². The lowest BCUT2D eigenvalue weighted by molar-refractivity contribution is 0.414. The Balaban J connectivity index is 1.68. The standard InChI is InChI=1S/C22H16O6S/c1-26-17-9-11-19(12-10-17)29(24,25)28-18-8-7-16-13-20(15-5-3-2-4-6-15)22(23)27-21(16)14-18/h2-14H,1H3. The number of ether oxygens (including phenoxy) is 1. The van der Waals surface area contributed by atoms with Gasteiger partial charge in [-0.3, -0.25) is 0 Å². The van der Waals surface area contributed by atoms with Crippen LogP contribution in [0.2, 0.25) is 0 Å². The van der Waals surface area contributed by atoms with Crippen molar-refractivity contribution in [1.29, 1.82) is 0 Å². The molecule has 0 N–H and O–H groups in total. The van der Waals surface area contributed by atoms with Crippen molar-refractivity contribution in [1.82, 2.24) is 0 Å². The molecule has 146 valence electrons. The van der Waals surface area contributed by atoms with Crippen LogP contribution in [0.3, 0.4) is 0 Å². The van der Waals surface area contributed by atoms with Gasteiger partial charge in [0, 0.05) is 11.5 Å². The molecule has 29 heavy (non-hydrogen) atoms. The largest absolute Gasteiger partial charge is 0.497 e. The molecule has 0 radical (unpaired) electrons. The van der Waals surface area contributed by atoms with Crippen LogP contribution in [-0.4, -0.2) is 15.5 Å². The molecular formula is C22H16O6S. The van der Waals surface area contributed by atoms with E-state index in [1.165, 1.54) is 43.5 Å². The molecule has 0 saturated heterocycles. The quantitative estimate of drug-likeness (QED) is 0.363. The monoisotopic (exact) mass is 408 g/mol. The lowest BCUT2D eigenvalue weighted by atomic mass is 10.1. The molecule has 0 fully saturated rings. The minimum Gasteiger partial charge on any atom is -0.497 e. The number of benzene rings is 3. The van der Waals surface area contributed by atoms with Crippen LogP contribution in [0.4, 0.5) is 0 Å². The van der Waals surface area contributed by atoms with Crippen LogP contribution >= 0.6 is 0 Å². The van der Waals surface area contributed by atoms with Crippen LogP contribution in [0.15, 0.2) is 93.0 Å². The van der Waals surface area contributed by atoms with Crippen molar-refractivity contribution in [2.45, 2.75) is 4.90 Å². The molecule has 4 aromatic rings. The highest BCUT2D eigenvalue weighted by atomic mass is 32.2. The van der Waals surface area contributed by atoms with Gasteiger partial charge >= 0.3 is 15.7 Å². The molecule has 0 amide bonds. The second-order valence-electron chi connectivity index (χ2n) is 6.23. The molecule has 0 bridgehead atoms. The lowest BCUT2D eigenvalue weighted by Gasteiger charge is -2.09. The van der Waals surface area contributed by atoms with E-state index in [4.69, 9.17) is 13.3 Å². The first-order valence-corrected chi connectivity index (χ1v) is 10.1. The van der Waals surface area contributed by atoms with E-state index in [-0.39, 0.29) is 16.2 Å². The van der Waals surface area contributed by atoms with Crippen LogP contribution in [0.25, 0.3) is 22.1 Å². The van der Waals surface area contributed by atoms with Gasteiger partial charge in [-0.15, -0.1) is 0 Å². The van der Waals surface area contributed by atoms with E-state index in [2.05, 4.69) is 0 Å². The Kier molecular flexibility index (Phi) is 4.82. The van der Waals surface area contributed by atoms with Gasteiger partial charge in [0.05, 0.1) is 12.7 Å². The zero-order valence-electron chi connectivity index (χ0n) is 15.4. The van der Waals surface area contributed by atoms with Crippen molar-refractivity contribution in [3.05, 3.63) is 89.3 Å². The summed E-state index contributed by atoms with van der Waals surface area (Å²) in [6.07, 6.45) is 0. The van der Waals surface area contributed by atoms with E-state index in [1.807, 2.05) is 30.3 Å². The summed E-state index contributed by atoms with van der Waals surface area (Å²) in [6.45, 7) is 0. The van der Waals surface area contributed by atoms with Gasteiger partial charge in [-0.05, 0) is 48.0 Å². The maximum Gasteiger partial charge on any atom is 0.344 e. The third kappa shape index (κ3) is 3.86. The van der Waals surface area contributed by atoms with Gasteiger partial charge in [0.15, 0.2) is 0 Å². The summed E-state index contributed by atoms with van der Waals surface area (Å²) in [6, 6.07) is 21.2. The summed E-state index contributed by atoms with van der Waals surface area (Å²) in [4.78, 5) is 12.4. The van der Waals surface area contributed by atoms with Gasteiger partial charge < -0.3 is 13.3 Å². The van der Waals surface area contributed by atoms with Crippen molar-refractivity contribution in [3.63, 3.8) is 0 Å². The molecule has 0 unspecified atom stereocenters. The van der Waals surface area contributed by atoms with E-state index in [1.54, 1.807) is 12.1 Å². The molecule has 7 heteroatoms. The molecule has 3 aromatic carbocycles. The lowest BCUT2D eigenvalue weighted by Crippen LogP contribution is -2.09. The molecule has 1 aromatic heterocycles. The fourth-order valence-corrected chi connectivity index (χ4v) is 3.80. The molecular weight excluding hydrogens is 392 g/mol. The van der Waals surface area contributed by atoms with Crippen LogP contribution in [0.1, 0.15) is 0 Å².